The molecule has 1 atom stereocenters. The number of halogens is 3. The van der Waals surface area contributed by atoms with Crippen molar-refractivity contribution in [2.45, 2.75) is 11.3 Å². The number of hydrogen-bond acceptors (Lipinski definition) is 2. The van der Waals surface area contributed by atoms with E-state index in [1.807, 2.05) is 0 Å². The summed E-state index contributed by atoms with van der Waals surface area (Å²) in [6.07, 6.45) is 3.75. The van der Waals surface area contributed by atoms with E-state index in [4.69, 9.17) is 21.8 Å². The second-order valence-electron chi connectivity index (χ2n) is 2.70. The van der Waals surface area contributed by atoms with Gasteiger partial charge in [-0.25, -0.2) is 9.59 Å². The first-order valence-corrected chi connectivity index (χ1v) is 3.87. The number of aliphatic carboxylic acids is 2. The van der Waals surface area contributed by atoms with Crippen molar-refractivity contribution >= 4 is 48.4 Å². The summed E-state index contributed by atoms with van der Waals surface area (Å²) in [5.74, 6) is -2.38. The largest absolute Gasteiger partial charge is 0.480 e. The maximum absolute atomic E-state index is 10.6. The van der Waals surface area contributed by atoms with Gasteiger partial charge in [0, 0.05) is 12.0 Å². The smallest absolute Gasteiger partial charge is 0.331 e. The second kappa shape index (κ2) is 6.00. The molecular weight excluding hydrogens is 266 g/mol. The van der Waals surface area contributed by atoms with Gasteiger partial charge >= 0.3 is 11.9 Å². The topological polar surface area (TPSA) is 74.6 Å². The van der Waals surface area contributed by atoms with Crippen LogP contribution in [0.25, 0.3) is 0 Å². The van der Waals surface area contributed by atoms with Crippen LogP contribution >= 0.6 is 36.4 Å². The fourth-order valence-corrected chi connectivity index (χ4v) is 1.22. The average Bonchev–Trinajstić information content (AvgIpc) is 2.04. The van der Waals surface area contributed by atoms with Crippen LogP contribution in [0.2, 0.25) is 0 Å². The molecule has 0 saturated heterocycles. The third-order valence-electron chi connectivity index (χ3n) is 1.74. The van der Waals surface area contributed by atoms with Crippen molar-refractivity contribution in [1.29, 1.82) is 0 Å². The molecule has 1 aliphatic carbocycles. The maximum Gasteiger partial charge on any atom is 0.331 e. The quantitative estimate of drug-likeness (QED) is 0.754. The molecule has 0 bridgehead atoms. The van der Waals surface area contributed by atoms with Gasteiger partial charge in [-0.1, -0.05) is 18.2 Å². The summed E-state index contributed by atoms with van der Waals surface area (Å²) in [5, 5.41) is 17.3. The molecule has 1 aliphatic rings. The number of allylic oxidation sites excluding steroid dienone is 2. The molecule has 0 aliphatic heterocycles. The van der Waals surface area contributed by atoms with Gasteiger partial charge < -0.3 is 10.2 Å². The van der Waals surface area contributed by atoms with E-state index in [0.717, 1.165) is 0 Å². The first-order chi connectivity index (χ1) is 5.96. The Morgan fingerprint density at radius 2 is 1.87 bits per heavy atom. The molecule has 4 nitrogen and oxygen atoms in total. The van der Waals surface area contributed by atoms with Crippen LogP contribution in [0.3, 0.4) is 0 Å². The van der Waals surface area contributed by atoms with Crippen molar-refractivity contribution in [3.63, 3.8) is 0 Å². The summed E-state index contributed by atoms with van der Waals surface area (Å²) in [6.45, 7) is 0. The van der Waals surface area contributed by atoms with Crippen LogP contribution in [0.5, 0.6) is 0 Å². The van der Waals surface area contributed by atoms with Gasteiger partial charge in [0.05, 0.1) is 0 Å². The van der Waals surface area contributed by atoms with Gasteiger partial charge in [-0.2, -0.15) is 0 Å². The fraction of sp³-hybridized carbons (Fsp3) is 0.250. The Labute approximate surface area is 103 Å². The fourth-order valence-electron chi connectivity index (χ4n) is 1.01. The first kappa shape index (κ1) is 16.7. The minimum atomic E-state index is -1.61. The van der Waals surface area contributed by atoms with Gasteiger partial charge in [0.2, 0.25) is 0 Å². The lowest BCUT2D eigenvalue weighted by molar-refractivity contribution is -0.139. The Hall–Kier alpha value is -0.710. The van der Waals surface area contributed by atoms with Gasteiger partial charge in [0.25, 0.3) is 0 Å². The molecule has 7 heteroatoms. The molecule has 0 radical (unpaired) electrons. The highest BCUT2D eigenvalue weighted by molar-refractivity contribution is 6.35. The van der Waals surface area contributed by atoms with Crippen LogP contribution in [-0.4, -0.2) is 27.0 Å². The van der Waals surface area contributed by atoms with Crippen molar-refractivity contribution in [2.24, 2.45) is 0 Å². The van der Waals surface area contributed by atoms with Gasteiger partial charge in [0.15, 0.2) is 4.87 Å². The van der Waals surface area contributed by atoms with Gasteiger partial charge in [-0.15, -0.1) is 36.4 Å². The van der Waals surface area contributed by atoms with E-state index in [1.54, 1.807) is 0 Å². The molecule has 0 fully saturated rings. The number of carboxylic acid groups (broad SMARTS) is 2. The van der Waals surface area contributed by atoms with Crippen molar-refractivity contribution in [2.75, 3.05) is 0 Å². The first-order valence-electron chi connectivity index (χ1n) is 3.50. The van der Waals surface area contributed by atoms with Gasteiger partial charge in [-0.05, 0) is 0 Å². The Kier molecular flexibility index (Phi) is 6.68. The molecule has 1 rings (SSSR count). The monoisotopic (exact) mass is 274 g/mol. The third kappa shape index (κ3) is 3.74. The molecule has 0 aromatic rings. The Bertz CT molecular complexity index is 324. The molecule has 0 amide bonds. The Balaban J connectivity index is 0. The minimum absolute atomic E-state index is 0. The average molecular weight is 276 g/mol. The van der Waals surface area contributed by atoms with Crippen LogP contribution in [0.15, 0.2) is 23.8 Å². The van der Waals surface area contributed by atoms with Crippen molar-refractivity contribution in [1.82, 2.24) is 0 Å². The standard InChI is InChI=1S/C8H7ClO4.2ClH/c9-8(7(12)13)3-1-2-5(4-8)6(10)11;;/h1-3H,4H2,(H,10,11)(H,12,13);2*1H. The zero-order valence-electron chi connectivity index (χ0n) is 7.34. The summed E-state index contributed by atoms with van der Waals surface area (Å²) < 4.78 is 0. The van der Waals surface area contributed by atoms with Crippen molar-refractivity contribution in [3.8, 4) is 0 Å². The second-order valence-corrected chi connectivity index (χ2v) is 3.38. The lowest BCUT2D eigenvalue weighted by atomic mass is 9.93. The molecule has 15 heavy (non-hydrogen) atoms. The molecule has 0 spiro atoms. The number of alkyl halides is 1. The summed E-state index contributed by atoms with van der Waals surface area (Å²) in [7, 11) is 0. The van der Waals surface area contributed by atoms with E-state index >= 15 is 0 Å². The molecule has 0 heterocycles. The SMILES string of the molecule is Cl.Cl.O=C(O)C1=CC=CC(Cl)(C(=O)O)C1. The van der Waals surface area contributed by atoms with E-state index in [0.29, 0.717) is 0 Å². The molecule has 0 saturated carbocycles. The highest BCUT2D eigenvalue weighted by Gasteiger charge is 2.37. The van der Waals surface area contributed by atoms with Crippen LogP contribution in [0, 0.1) is 0 Å². The highest BCUT2D eigenvalue weighted by Crippen LogP contribution is 2.29. The number of carbonyl (C=O) groups is 2. The van der Waals surface area contributed by atoms with E-state index in [9.17, 15) is 9.59 Å². The van der Waals surface area contributed by atoms with Crippen LogP contribution in [0.4, 0.5) is 0 Å². The molecule has 0 aromatic heterocycles. The van der Waals surface area contributed by atoms with Crippen molar-refractivity contribution in [3.05, 3.63) is 23.8 Å². The number of carboxylic acids is 2. The van der Waals surface area contributed by atoms with E-state index in [2.05, 4.69) is 0 Å². The van der Waals surface area contributed by atoms with E-state index < -0.39 is 16.8 Å². The van der Waals surface area contributed by atoms with Crippen LogP contribution < -0.4 is 0 Å². The lowest BCUT2D eigenvalue weighted by Gasteiger charge is -2.20. The normalized spacial score (nSPS) is 23.1. The number of hydrogen-bond donors (Lipinski definition) is 2. The predicted molar refractivity (Wildman–Crippen MR) is 60.2 cm³/mol. The van der Waals surface area contributed by atoms with Gasteiger partial charge in [-0.3, -0.25) is 0 Å². The Morgan fingerprint density at radius 1 is 1.33 bits per heavy atom. The van der Waals surface area contributed by atoms with E-state index in [1.165, 1.54) is 18.2 Å². The van der Waals surface area contributed by atoms with Gasteiger partial charge in [0.1, 0.15) is 0 Å². The maximum atomic E-state index is 10.6. The lowest BCUT2D eigenvalue weighted by Crippen LogP contribution is -2.33. The molecule has 1 unspecified atom stereocenters. The molecule has 0 aromatic carbocycles. The summed E-state index contributed by atoms with van der Waals surface area (Å²) in [4.78, 5) is 19.5. The minimum Gasteiger partial charge on any atom is -0.480 e. The highest BCUT2D eigenvalue weighted by atomic mass is 35.5. The summed E-state index contributed by atoms with van der Waals surface area (Å²) >= 11 is 5.66. The molecule has 2 N–H and O–H groups in total. The van der Waals surface area contributed by atoms with Crippen molar-refractivity contribution < 1.29 is 19.8 Å². The molecule has 86 valence electrons. The van der Waals surface area contributed by atoms with Crippen LogP contribution in [0.1, 0.15) is 6.42 Å². The number of rotatable bonds is 2. The summed E-state index contributed by atoms with van der Waals surface area (Å²) in [5.41, 5.74) is -0.0000926. The Morgan fingerprint density at radius 3 is 2.27 bits per heavy atom. The third-order valence-corrected chi connectivity index (χ3v) is 2.16. The zero-order valence-corrected chi connectivity index (χ0v) is 9.73. The zero-order chi connectivity index (χ0) is 10.1. The van der Waals surface area contributed by atoms with E-state index in [-0.39, 0.29) is 36.8 Å². The van der Waals surface area contributed by atoms with Crippen LogP contribution in [-0.2, 0) is 9.59 Å². The molecular formula is C8H9Cl3O4. The summed E-state index contributed by atoms with van der Waals surface area (Å²) in [6, 6.07) is 0. The predicted octanol–water partition coefficient (Wildman–Crippen LogP) is 1.86.